The third-order valence-corrected chi connectivity index (χ3v) is 3.65. The van der Waals surface area contributed by atoms with Crippen molar-refractivity contribution in [3.63, 3.8) is 0 Å². The molecule has 0 saturated carbocycles. The Bertz CT molecular complexity index is 689. The molecule has 0 amide bonds. The monoisotopic (exact) mass is 293 g/mol. The van der Waals surface area contributed by atoms with Crippen LogP contribution in [0.5, 0.6) is 0 Å². The molecule has 1 fully saturated rings. The van der Waals surface area contributed by atoms with Crippen molar-refractivity contribution in [1.82, 2.24) is 0 Å². The topological polar surface area (TPSA) is 41.6 Å². The first-order valence-electron chi connectivity index (χ1n) is 7.40. The number of epoxide rings is 1. The fourth-order valence-electron chi connectivity index (χ4n) is 2.42. The summed E-state index contributed by atoms with van der Waals surface area (Å²) in [6.45, 7) is 3.93. The van der Waals surface area contributed by atoms with E-state index in [4.69, 9.17) is 4.74 Å². The molecule has 0 unspecified atom stereocenters. The number of nitrogens with one attached hydrogen (secondary N) is 1. The number of carbonyl (C=O) groups is 1. The van der Waals surface area contributed by atoms with Gasteiger partial charge in [-0.3, -0.25) is 4.79 Å². The number of ether oxygens (including phenoxy) is 1. The Balaban J connectivity index is 1.60. The molecule has 1 aliphatic rings. The second-order valence-electron chi connectivity index (χ2n) is 5.61. The highest BCUT2D eigenvalue weighted by Gasteiger charge is 2.44. The van der Waals surface area contributed by atoms with Gasteiger partial charge in [-0.15, -0.1) is 0 Å². The molecule has 1 saturated heterocycles. The van der Waals surface area contributed by atoms with E-state index in [-0.39, 0.29) is 18.0 Å². The summed E-state index contributed by atoms with van der Waals surface area (Å²) in [7, 11) is 0. The second kappa shape index (κ2) is 6.16. The average Bonchev–Trinajstić information content (AvgIpc) is 3.31. The van der Waals surface area contributed by atoms with Crippen LogP contribution in [0.25, 0.3) is 0 Å². The van der Waals surface area contributed by atoms with Gasteiger partial charge in [-0.1, -0.05) is 48.0 Å². The number of benzene rings is 2. The summed E-state index contributed by atoms with van der Waals surface area (Å²) < 4.78 is 5.51. The molecule has 0 radical (unpaired) electrons. The van der Waals surface area contributed by atoms with Crippen molar-refractivity contribution in [2.24, 2.45) is 0 Å². The van der Waals surface area contributed by atoms with Gasteiger partial charge in [0.15, 0.2) is 11.9 Å². The molecule has 3 nitrogen and oxygen atoms in total. The SMILES string of the molecule is C/C(=C/C(=O)[C@@H]1O[C@H]1c1ccccc1)Nc1ccc(C)cc1. The third kappa shape index (κ3) is 3.43. The van der Waals surface area contributed by atoms with Crippen LogP contribution >= 0.6 is 0 Å². The zero-order chi connectivity index (χ0) is 15.5. The number of hydrogen-bond acceptors (Lipinski definition) is 3. The van der Waals surface area contributed by atoms with Crippen LogP contribution in [0.4, 0.5) is 5.69 Å². The lowest BCUT2D eigenvalue weighted by Gasteiger charge is -2.06. The van der Waals surface area contributed by atoms with E-state index >= 15 is 0 Å². The molecule has 3 rings (SSSR count). The van der Waals surface area contributed by atoms with Gasteiger partial charge < -0.3 is 10.1 Å². The number of anilines is 1. The van der Waals surface area contributed by atoms with E-state index in [1.165, 1.54) is 5.56 Å². The molecule has 1 heterocycles. The summed E-state index contributed by atoms with van der Waals surface area (Å²) in [6, 6.07) is 17.9. The van der Waals surface area contributed by atoms with Crippen molar-refractivity contribution in [2.45, 2.75) is 26.1 Å². The van der Waals surface area contributed by atoms with Crippen LogP contribution in [0.2, 0.25) is 0 Å². The normalized spacial score (nSPS) is 20.5. The van der Waals surface area contributed by atoms with Gasteiger partial charge in [-0.25, -0.2) is 0 Å². The number of hydrogen-bond donors (Lipinski definition) is 1. The summed E-state index contributed by atoms with van der Waals surface area (Å²) in [5.41, 5.74) is 4.05. The fourth-order valence-corrected chi connectivity index (χ4v) is 2.42. The molecule has 1 aliphatic heterocycles. The molecule has 22 heavy (non-hydrogen) atoms. The van der Waals surface area contributed by atoms with Crippen molar-refractivity contribution in [1.29, 1.82) is 0 Å². The van der Waals surface area contributed by atoms with Gasteiger partial charge in [0.2, 0.25) is 0 Å². The second-order valence-corrected chi connectivity index (χ2v) is 5.61. The molecule has 3 heteroatoms. The van der Waals surface area contributed by atoms with Crippen LogP contribution < -0.4 is 5.32 Å². The summed E-state index contributed by atoms with van der Waals surface area (Å²) in [6.07, 6.45) is 1.17. The van der Waals surface area contributed by atoms with E-state index in [1.807, 2.05) is 68.4 Å². The average molecular weight is 293 g/mol. The van der Waals surface area contributed by atoms with E-state index in [0.29, 0.717) is 0 Å². The van der Waals surface area contributed by atoms with Crippen LogP contribution in [0.1, 0.15) is 24.2 Å². The molecule has 112 valence electrons. The van der Waals surface area contributed by atoms with E-state index in [1.54, 1.807) is 6.08 Å². The Morgan fingerprint density at radius 1 is 1.09 bits per heavy atom. The van der Waals surface area contributed by atoms with Gasteiger partial charge in [-0.2, -0.15) is 0 Å². The Kier molecular flexibility index (Phi) is 4.07. The largest absolute Gasteiger partial charge is 0.359 e. The number of ketones is 1. The molecule has 0 aliphatic carbocycles. The lowest BCUT2D eigenvalue weighted by molar-refractivity contribution is -0.115. The maximum Gasteiger partial charge on any atom is 0.189 e. The minimum Gasteiger partial charge on any atom is -0.359 e. The Morgan fingerprint density at radius 2 is 1.77 bits per heavy atom. The molecular weight excluding hydrogens is 274 g/mol. The van der Waals surface area contributed by atoms with Crippen LogP contribution in [-0.2, 0) is 9.53 Å². The van der Waals surface area contributed by atoms with Gasteiger partial charge >= 0.3 is 0 Å². The number of aryl methyl sites for hydroxylation is 1. The van der Waals surface area contributed by atoms with Gasteiger partial charge in [0.25, 0.3) is 0 Å². The molecule has 1 N–H and O–H groups in total. The van der Waals surface area contributed by atoms with Crippen LogP contribution in [0, 0.1) is 6.92 Å². The molecule has 2 aromatic rings. The van der Waals surface area contributed by atoms with Crippen LogP contribution in [0.3, 0.4) is 0 Å². The van der Waals surface area contributed by atoms with E-state index in [0.717, 1.165) is 16.9 Å². The fraction of sp³-hybridized carbons (Fsp3) is 0.211. The van der Waals surface area contributed by atoms with E-state index in [9.17, 15) is 4.79 Å². The quantitative estimate of drug-likeness (QED) is 0.668. The van der Waals surface area contributed by atoms with Gasteiger partial charge in [-0.05, 0) is 31.5 Å². The van der Waals surface area contributed by atoms with Crippen molar-refractivity contribution in [3.05, 3.63) is 77.5 Å². The third-order valence-electron chi connectivity index (χ3n) is 3.65. The molecule has 2 atom stereocenters. The Hall–Kier alpha value is -2.39. The van der Waals surface area contributed by atoms with Gasteiger partial charge in [0, 0.05) is 17.5 Å². The Labute approximate surface area is 130 Å². The highest BCUT2D eigenvalue weighted by molar-refractivity contribution is 5.96. The predicted octanol–water partition coefficient (Wildman–Crippen LogP) is 4.02. The van der Waals surface area contributed by atoms with E-state index in [2.05, 4.69) is 5.32 Å². The minimum absolute atomic E-state index is 0.00552. The smallest absolute Gasteiger partial charge is 0.189 e. The summed E-state index contributed by atoms with van der Waals surface area (Å²) in [4.78, 5) is 12.2. The first-order chi connectivity index (χ1) is 10.6. The van der Waals surface area contributed by atoms with Gasteiger partial charge in [0.1, 0.15) is 6.10 Å². The number of allylic oxidation sites excluding steroid dienone is 1. The molecular formula is C19H19NO2. The maximum absolute atomic E-state index is 12.2. The first-order valence-corrected chi connectivity index (χ1v) is 7.40. The van der Waals surface area contributed by atoms with Crippen LogP contribution in [0.15, 0.2) is 66.4 Å². The van der Waals surface area contributed by atoms with Crippen molar-refractivity contribution >= 4 is 11.5 Å². The van der Waals surface area contributed by atoms with Crippen molar-refractivity contribution < 1.29 is 9.53 Å². The highest BCUT2D eigenvalue weighted by Crippen LogP contribution is 2.39. The lowest BCUT2D eigenvalue weighted by Crippen LogP contribution is -2.07. The molecule has 0 bridgehead atoms. The maximum atomic E-state index is 12.2. The summed E-state index contributed by atoms with van der Waals surface area (Å²) >= 11 is 0. The zero-order valence-corrected chi connectivity index (χ0v) is 12.7. The van der Waals surface area contributed by atoms with E-state index < -0.39 is 0 Å². The Morgan fingerprint density at radius 3 is 2.45 bits per heavy atom. The van der Waals surface area contributed by atoms with Crippen molar-refractivity contribution in [3.8, 4) is 0 Å². The standard InChI is InChI=1S/C19H19NO2/c1-13-8-10-16(11-9-13)20-14(2)12-17(21)19-18(22-19)15-6-4-3-5-7-15/h3-12,18-20H,1-2H3/b14-12-/t18-,19-/m0/s1. The molecule has 0 aromatic heterocycles. The zero-order valence-electron chi connectivity index (χ0n) is 12.7. The number of rotatable bonds is 5. The van der Waals surface area contributed by atoms with Crippen LogP contribution in [-0.4, -0.2) is 11.9 Å². The summed E-state index contributed by atoms with van der Waals surface area (Å²) in [5, 5.41) is 3.22. The lowest BCUT2D eigenvalue weighted by atomic mass is 10.1. The minimum atomic E-state index is -0.350. The number of carbonyl (C=O) groups excluding carboxylic acids is 1. The highest BCUT2D eigenvalue weighted by atomic mass is 16.6. The summed E-state index contributed by atoms with van der Waals surface area (Å²) in [5.74, 6) is 0.00552. The van der Waals surface area contributed by atoms with Crippen molar-refractivity contribution in [2.75, 3.05) is 5.32 Å². The van der Waals surface area contributed by atoms with Gasteiger partial charge in [0.05, 0.1) is 0 Å². The molecule has 2 aromatic carbocycles. The predicted molar refractivity (Wildman–Crippen MR) is 87.6 cm³/mol. The molecule has 0 spiro atoms. The first kappa shape index (κ1) is 14.5.